The SMILES string of the molecule is CCn1ncc(Br)c1CN(C)C(=O)C(C)n1ccc(C(=O)O)n1. The number of carboxylic acid groups (broad SMARTS) is 1. The van der Waals surface area contributed by atoms with E-state index in [0.29, 0.717) is 13.1 Å². The van der Waals surface area contributed by atoms with Crippen LogP contribution in [-0.4, -0.2) is 48.5 Å². The van der Waals surface area contributed by atoms with Gasteiger partial charge in [0.1, 0.15) is 6.04 Å². The van der Waals surface area contributed by atoms with Gasteiger partial charge < -0.3 is 10.0 Å². The van der Waals surface area contributed by atoms with Crippen LogP contribution in [0.3, 0.4) is 0 Å². The van der Waals surface area contributed by atoms with E-state index in [1.165, 1.54) is 16.9 Å². The summed E-state index contributed by atoms with van der Waals surface area (Å²) in [6.45, 7) is 4.76. The van der Waals surface area contributed by atoms with Crippen LogP contribution in [0, 0.1) is 0 Å². The second kappa shape index (κ2) is 6.95. The van der Waals surface area contributed by atoms with Crippen molar-refractivity contribution < 1.29 is 14.7 Å². The minimum atomic E-state index is -1.12. The van der Waals surface area contributed by atoms with Gasteiger partial charge in [-0.15, -0.1) is 0 Å². The highest BCUT2D eigenvalue weighted by atomic mass is 79.9. The molecule has 0 aromatic carbocycles. The molecule has 9 heteroatoms. The molecule has 2 aromatic heterocycles. The van der Waals surface area contributed by atoms with Crippen LogP contribution in [-0.2, 0) is 17.9 Å². The Morgan fingerprint density at radius 3 is 2.74 bits per heavy atom. The van der Waals surface area contributed by atoms with Crippen molar-refractivity contribution in [1.82, 2.24) is 24.5 Å². The highest BCUT2D eigenvalue weighted by Gasteiger charge is 2.22. The summed E-state index contributed by atoms with van der Waals surface area (Å²) in [7, 11) is 1.69. The van der Waals surface area contributed by atoms with Crippen molar-refractivity contribution in [2.75, 3.05) is 7.05 Å². The van der Waals surface area contributed by atoms with Gasteiger partial charge in [-0.25, -0.2) is 4.79 Å². The zero-order chi connectivity index (χ0) is 17.1. The number of carbonyl (C=O) groups excluding carboxylic acids is 1. The highest BCUT2D eigenvalue weighted by molar-refractivity contribution is 9.10. The first-order chi connectivity index (χ1) is 10.8. The van der Waals surface area contributed by atoms with Crippen molar-refractivity contribution in [1.29, 1.82) is 0 Å². The molecule has 0 aliphatic rings. The Bertz CT molecular complexity index is 724. The number of carboxylic acids is 1. The number of rotatable bonds is 6. The lowest BCUT2D eigenvalue weighted by molar-refractivity contribution is -0.133. The molecule has 0 aliphatic heterocycles. The van der Waals surface area contributed by atoms with Gasteiger partial charge in [0.15, 0.2) is 5.69 Å². The van der Waals surface area contributed by atoms with Gasteiger partial charge in [-0.1, -0.05) is 0 Å². The topological polar surface area (TPSA) is 93.2 Å². The van der Waals surface area contributed by atoms with Crippen LogP contribution in [0.25, 0.3) is 0 Å². The maximum atomic E-state index is 12.5. The molecular formula is C14H18BrN5O3. The van der Waals surface area contributed by atoms with Gasteiger partial charge in [0.05, 0.1) is 22.9 Å². The van der Waals surface area contributed by atoms with Crippen molar-refractivity contribution in [2.45, 2.75) is 33.0 Å². The van der Waals surface area contributed by atoms with E-state index in [9.17, 15) is 9.59 Å². The molecule has 1 N–H and O–H groups in total. The van der Waals surface area contributed by atoms with Gasteiger partial charge in [0.25, 0.3) is 0 Å². The first-order valence-electron chi connectivity index (χ1n) is 7.08. The molecule has 2 rings (SSSR count). The van der Waals surface area contributed by atoms with Crippen LogP contribution in [0.1, 0.15) is 36.1 Å². The molecule has 0 bridgehead atoms. The molecule has 8 nitrogen and oxygen atoms in total. The predicted molar refractivity (Wildman–Crippen MR) is 86.0 cm³/mol. The van der Waals surface area contributed by atoms with E-state index >= 15 is 0 Å². The summed E-state index contributed by atoms with van der Waals surface area (Å²) in [5.41, 5.74) is 0.821. The van der Waals surface area contributed by atoms with Gasteiger partial charge in [-0.3, -0.25) is 14.2 Å². The minimum Gasteiger partial charge on any atom is -0.476 e. The summed E-state index contributed by atoms with van der Waals surface area (Å²) in [6.07, 6.45) is 3.19. The van der Waals surface area contributed by atoms with Gasteiger partial charge in [0.2, 0.25) is 5.91 Å². The summed E-state index contributed by atoms with van der Waals surface area (Å²) in [5, 5.41) is 17.0. The third kappa shape index (κ3) is 3.61. The summed E-state index contributed by atoms with van der Waals surface area (Å²) < 4.78 is 4.02. The number of likely N-dealkylation sites (N-methyl/N-ethyl adjacent to an activating group) is 1. The molecule has 124 valence electrons. The average Bonchev–Trinajstić information content (AvgIpc) is 3.14. The molecular weight excluding hydrogens is 366 g/mol. The van der Waals surface area contributed by atoms with Gasteiger partial charge >= 0.3 is 5.97 Å². The third-order valence-corrected chi connectivity index (χ3v) is 4.20. The molecule has 0 aliphatic carbocycles. The molecule has 0 saturated heterocycles. The molecule has 0 fully saturated rings. The van der Waals surface area contributed by atoms with E-state index in [1.807, 2.05) is 11.6 Å². The Morgan fingerprint density at radius 2 is 2.17 bits per heavy atom. The second-order valence-corrected chi connectivity index (χ2v) is 5.97. The zero-order valence-corrected chi connectivity index (χ0v) is 14.7. The molecule has 1 unspecified atom stereocenters. The van der Waals surface area contributed by atoms with Crippen LogP contribution < -0.4 is 0 Å². The Labute approximate surface area is 141 Å². The van der Waals surface area contributed by atoms with E-state index in [2.05, 4.69) is 26.1 Å². The molecule has 0 radical (unpaired) electrons. The third-order valence-electron chi connectivity index (χ3n) is 3.54. The van der Waals surface area contributed by atoms with Crippen LogP contribution in [0.15, 0.2) is 22.9 Å². The number of amides is 1. The standard InChI is InChI=1S/C14H18BrN5O3/c1-4-19-12(10(15)7-16-19)8-18(3)13(21)9(2)20-6-5-11(17-20)14(22)23/h5-7,9H,4,8H2,1-3H3,(H,22,23). The molecule has 1 atom stereocenters. The maximum absolute atomic E-state index is 12.5. The number of nitrogens with zero attached hydrogens (tertiary/aromatic N) is 5. The fourth-order valence-electron chi connectivity index (χ4n) is 2.22. The normalized spacial score (nSPS) is 12.2. The largest absolute Gasteiger partial charge is 0.476 e. The number of hydrogen-bond donors (Lipinski definition) is 1. The van der Waals surface area contributed by atoms with E-state index in [1.54, 1.807) is 25.1 Å². The number of halogens is 1. The zero-order valence-electron chi connectivity index (χ0n) is 13.1. The lowest BCUT2D eigenvalue weighted by Gasteiger charge is -2.22. The van der Waals surface area contributed by atoms with Crippen molar-refractivity contribution in [3.63, 3.8) is 0 Å². The maximum Gasteiger partial charge on any atom is 0.356 e. The van der Waals surface area contributed by atoms with E-state index in [4.69, 9.17) is 5.11 Å². The lowest BCUT2D eigenvalue weighted by Crippen LogP contribution is -2.33. The van der Waals surface area contributed by atoms with E-state index in [0.717, 1.165) is 10.2 Å². The number of hydrogen-bond acceptors (Lipinski definition) is 4. The summed E-state index contributed by atoms with van der Waals surface area (Å²) in [6, 6.07) is 0.777. The summed E-state index contributed by atoms with van der Waals surface area (Å²) in [4.78, 5) is 25.0. The Kier molecular flexibility index (Phi) is 5.19. The molecule has 23 heavy (non-hydrogen) atoms. The summed E-state index contributed by atoms with van der Waals surface area (Å²) >= 11 is 3.43. The van der Waals surface area contributed by atoms with Crippen molar-refractivity contribution in [3.05, 3.63) is 34.3 Å². The number of aryl methyl sites for hydroxylation is 1. The summed E-state index contributed by atoms with van der Waals surface area (Å²) in [5.74, 6) is -1.28. The number of carbonyl (C=O) groups is 2. The first kappa shape index (κ1) is 17.2. The number of aromatic nitrogens is 4. The van der Waals surface area contributed by atoms with Crippen LogP contribution in [0.4, 0.5) is 0 Å². The Hall–Kier alpha value is -2.16. The van der Waals surface area contributed by atoms with Crippen LogP contribution in [0.2, 0.25) is 0 Å². The van der Waals surface area contributed by atoms with E-state index < -0.39 is 12.0 Å². The van der Waals surface area contributed by atoms with Gasteiger partial charge in [-0.05, 0) is 35.8 Å². The van der Waals surface area contributed by atoms with Crippen molar-refractivity contribution in [2.24, 2.45) is 0 Å². The Morgan fingerprint density at radius 1 is 1.48 bits per heavy atom. The van der Waals surface area contributed by atoms with Crippen LogP contribution >= 0.6 is 15.9 Å². The predicted octanol–water partition coefficient (Wildman–Crippen LogP) is 1.78. The fourth-order valence-corrected chi connectivity index (χ4v) is 2.64. The van der Waals surface area contributed by atoms with Crippen molar-refractivity contribution >= 4 is 27.8 Å². The molecule has 0 spiro atoms. The molecule has 2 heterocycles. The molecule has 1 amide bonds. The average molecular weight is 384 g/mol. The van der Waals surface area contributed by atoms with Crippen molar-refractivity contribution in [3.8, 4) is 0 Å². The van der Waals surface area contributed by atoms with E-state index in [-0.39, 0.29) is 11.6 Å². The Balaban J connectivity index is 2.12. The molecule has 2 aromatic rings. The highest BCUT2D eigenvalue weighted by Crippen LogP contribution is 2.19. The lowest BCUT2D eigenvalue weighted by atomic mass is 10.3. The smallest absolute Gasteiger partial charge is 0.356 e. The van der Waals surface area contributed by atoms with Gasteiger partial charge in [-0.2, -0.15) is 10.2 Å². The second-order valence-electron chi connectivity index (χ2n) is 5.11. The number of aromatic carboxylic acids is 1. The van der Waals surface area contributed by atoms with Crippen LogP contribution in [0.5, 0.6) is 0 Å². The fraction of sp³-hybridized carbons (Fsp3) is 0.429. The minimum absolute atomic E-state index is 0.0842. The molecule has 0 saturated carbocycles. The monoisotopic (exact) mass is 383 g/mol. The quantitative estimate of drug-likeness (QED) is 0.820. The van der Waals surface area contributed by atoms with Gasteiger partial charge in [0, 0.05) is 19.8 Å². The first-order valence-corrected chi connectivity index (χ1v) is 7.88.